The number of amides is 1. The highest BCUT2D eigenvalue weighted by molar-refractivity contribution is 5.82. The number of carbonyl (C=O) groups excluding carboxylic acids is 3. The highest BCUT2D eigenvalue weighted by Gasteiger charge is 2.09. The topological polar surface area (TPSA) is 182 Å². The number of aromatic nitrogens is 3. The van der Waals surface area contributed by atoms with E-state index < -0.39 is 12.6 Å². The van der Waals surface area contributed by atoms with Gasteiger partial charge in [-0.2, -0.15) is 0 Å². The molecule has 0 saturated carbocycles. The fourth-order valence-corrected chi connectivity index (χ4v) is 2.62. The molecule has 0 bridgehead atoms. The molecule has 196 valence electrons. The third kappa shape index (κ3) is 12.5. The van der Waals surface area contributed by atoms with E-state index >= 15 is 0 Å². The maximum atomic E-state index is 12.1. The summed E-state index contributed by atoms with van der Waals surface area (Å²) in [5.74, 6) is -0.221. The molecule has 0 unspecified atom stereocenters. The van der Waals surface area contributed by atoms with Crippen LogP contribution in [-0.4, -0.2) is 93.9 Å². The Labute approximate surface area is 208 Å². The molecule has 13 nitrogen and oxygen atoms in total. The van der Waals surface area contributed by atoms with Crippen LogP contribution in [0.25, 0.3) is 5.69 Å². The Morgan fingerprint density at radius 3 is 2.67 bits per heavy atom. The minimum atomic E-state index is -0.965. The summed E-state index contributed by atoms with van der Waals surface area (Å²) < 4.78 is 1.59. The number of oxime groups is 1. The molecule has 2 rings (SSSR count). The third-order valence-electron chi connectivity index (χ3n) is 4.53. The Hall–Kier alpha value is -3.94. The van der Waals surface area contributed by atoms with Gasteiger partial charge in [0.05, 0.1) is 43.9 Å². The summed E-state index contributed by atoms with van der Waals surface area (Å²) in [6.45, 7) is 2.27. The van der Waals surface area contributed by atoms with E-state index in [1.165, 1.54) is 18.4 Å². The molecule has 0 aliphatic carbocycles. The predicted molar refractivity (Wildman–Crippen MR) is 128 cm³/mol. The van der Waals surface area contributed by atoms with E-state index in [2.05, 4.69) is 20.8 Å². The van der Waals surface area contributed by atoms with Gasteiger partial charge in [0.1, 0.15) is 5.69 Å². The fraction of sp³-hybridized carbons (Fsp3) is 0.391. The molecule has 2 aromatic rings. The lowest BCUT2D eigenvalue weighted by Gasteiger charge is -2.12. The summed E-state index contributed by atoms with van der Waals surface area (Å²) in [4.78, 5) is 38.9. The van der Waals surface area contributed by atoms with E-state index in [1.54, 1.807) is 10.9 Å². The number of aliphatic hydroxyl groups excluding tert-OH is 2. The molecule has 36 heavy (non-hydrogen) atoms. The molecule has 0 aliphatic heterocycles. The molecule has 1 atom stereocenters. The van der Waals surface area contributed by atoms with Gasteiger partial charge in [-0.3, -0.25) is 14.5 Å². The number of carbonyl (C=O) groups is 3. The maximum absolute atomic E-state index is 12.1. The Bertz CT molecular complexity index is 991. The van der Waals surface area contributed by atoms with Crippen LogP contribution in [-0.2, 0) is 32.2 Å². The largest absolute Gasteiger partial charge is 0.554 e. The summed E-state index contributed by atoms with van der Waals surface area (Å²) in [5, 5.41) is 40.3. The van der Waals surface area contributed by atoms with Crippen molar-refractivity contribution in [2.45, 2.75) is 26.0 Å². The van der Waals surface area contributed by atoms with E-state index in [-0.39, 0.29) is 31.4 Å². The standard InChI is InChI=1S/C22H30N6O5.CH2O2/c1-3-27(2)14-21(31)11-17-6-8-19(9-7-17)28-13-18(25-26-28)12-23-22(32)16-33-24-10-4-5-20(30)15-29;2-1-3/h4-10,13,20,29-30H,3,11-12,14-16H2,1-2H3,(H,23,32);1H,(H,2,3)/p-1/b5-4+,24-10+;/t20-;/m0./s1. The molecule has 13 heteroatoms. The highest BCUT2D eigenvalue weighted by Crippen LogP contribution is 2.10. The first-order valence-corrected chi connectivity index (χ1v) is 11.0. The van der Waals surface area contributed by atoms with E-state index in [1.807, 2.05) is 43.1 Å². The minimum Gasteiger partial charge on any atom is -0.554 e. The van der Waals surface area contributed by atoms with Crippen molar-refractivity contribution in [3.8, 4) is 5.69 Å². The SMILES string of the molecule is CCN(C)CC(=O)Cc1ccc(-n2cc(CNC(=O)CO/N=C/C=C/[C@H](O)CO)nn2)cc1.O=C[O-]. The number of benzene rings is 1. The summed E-state index contributed by atoms with van der Waals surface area (Å²) in [5.41, 5.74) is 2.29. The van der Waals surface area contributed by atoms with Crippen molar-refractivity contribution in [2.24, 2.45) is 5.16 Å². The molecule has 0 aliphatic rings. The van der Waals surface area contributed by atoms with Crippen LogP contribution >= 0.6 is 0 Å². The molecule has 1 amide bonds. The van der Waals surface area contributed by atoms with Gasteiger partial charge in [-0.25, -0.2) is 4.68 Å². The summed E-state index contributed by atoms with van der Waals surface area (Å²) in [6.07, 6.45) is 5.09. The number of allylic oxidation sites excluding steroid dienone is 1. The van der Waals surface area contributed by atoms with Crippen LogP contribution in [0.2, 0.25) is 0 Å². The molecule has 1 aromatic heterocycles. The number of aliphatic hydroxyl groups is 2. The van der Waals surface area contributed by atoms with Crippen LogP contribution in [0.3, 0.4) is 0 Å². The number of carboxylic acid groups (broad SMARTS) is 1. The fourth-order valence-electron chi connectivity index (χ4n) is 2.62. The van der Waals surface area contributed by atoms with Crippen molar-refractivity contribution < 1.29 is 34.5 Å². The molecule has 1 heterocycles. The van der Waals surface area contributed by atoms with Crippen LogP contribution < -0.4 is 10.4 Å². The van der Waals surface area contributed by atoms with Crippen LogP contribution in [0.15, 0.2) is 47.8 Å². The Balaban J connectivity index is 0.00000205. The summed E-state index contributed by atoms with van der Waals surface area (Å²) in [7, 11) is 1.92. The number of ketones is 1. The lowest BCUT2D eigenvalue weighted by atomic mass is 10.1. The first-order chi connectivity index (χ1) is 17.3. The van der Waals surface area contributed by atoms with Crippen LogP contribution in [0.4, 0.5) is 0 Å². The van der Waals surface area contributed by atoms with Gasteiger partial charge in [-0.05, 0) is 37.4 Å². The van der Waals surface area contributed by atoms with Crippen molar-refractivity contribution in [1.82, 2.24) is 25.2 Å². The van der Waals surface area contributed by atoms with Crippen molar-refractivity contribution in [2.75, 3.05) is 33.4 Å². The third-order valence-corrected chi connectivity index (χ3v) is 4.53. The van der Waals surface area contributed by atoms with E-state index in [0.717, 1.165) is 17.8 Å². The molecule has 0 fully saturated rings. The Morgan fingerprint density at radius 2 is 2.03 bits per heavy atom. The van der Waals surface area contributed by atoms with Crippen molar-refractivity contribution in [1.29, 1.82) is 0 Å². The molecule has 0 saturated heterocycles. The highest BCUT2D eigenvalue weighted by atomic mass is 16.6. The first-order valence-electron chi connectivity index (χ1n) is 11.0. The second-order valence-electron chi connectivity index (χ2n) is 7.40. The predicted octanol–water partition coefficient (Wildman–Crippen LogP) is -1.78. The van der Waals surface area contributed by atoms with E-state index in [0.29, 0.717) is 18.7 Å². The molecule has 1 aromatic carbocycles. The average Bonchev–Trinajstić information content (AvgIpc) is 3.34. The molecular weight excluding hydrogens is 472 g/mol. The Morgan fingerprint density at radius 1 is 1.33 bits per heavy atom. The quantitative estimate of drug-likeness (QED) is 0.151. The number of hydrogen-bond donors (Lipinski definition) is 3. The average molecular weight is 504 g/mol. The molecular formula is C23H31N6O7-. The van der Waals surface area contributed by atoms with Gasteiger partial charge in [-0.15, -0.1) is 5.10 Å². The summed E-state index contributed by atoms with van der Waals surface area (Å²) in [6, 6.07) is 7.51. The lowest BCUT2D eigenvalue weighted by molar-refractivity contribution is -0.283. The summed E-state index contributed by atoms with van der Waals surface area (Å²) >= 11 is 0. The zero-order valence-corrected chi connectivity index (χ0v) is 20.2. The Kier molecular flexibility index (Phi) is 14.6. The van der Waals surface area contributed by atoms with Gasteiger partial charge in [-0.1, -0.05) is 35.5 Å². The number of nitrogens with one attached hydrogen (secondary N) is 1. The van der Waals surface area contributed by atoms with Gasteiger partial charge in [0.15, 0.2) is 12.4 Å². The second kappa shape index (κ2) is 17.5. The molecule has 0 spiro atoms. The van der Waals surface area contributed by atoms with Gasteiger partial charge in [0.25, 0.3) is 5.91 Å². The smallest absolute Gasteiger partial charge is 0.261 e. The van der Waals surface area contributed by atoms with Crippen LogP contribution in [0.1, 0.15) is 18.2 Å². The zero-order valence-electron chi connectivity index (χ0n) is 20.2. The number of nitrogens with zero attached hydrogens (tertiary/aromatic N) is 5. The van der Waals surface area contributed by atoms with Crippen LogP contribution in [0.5, 0.6) is 0 Å². The number of hydrogen-bond acceptors (Lipinski definition) is 11. The van der Waals surface area contributed by atoms with E-state index in [9.17, 15) is 9.59 Å². The monoisotopic (exact) mass is 503 g/mol. The maximum Gasteiger partial charge on any atom is 0.261 e. The first kappa shape index (κ1) is 30.1. The van der Waals surface area contributed by atoms with Gasteiger partial charge in [0, 0.05) is 12.9 Å². The number of Topliss-reactive ketones (excluding diaryl/α,β-unsaturated/α-hetero) is 1. The van der Waals surface area contributed by atoms with Gasteiger partial charge >= 0.3 is 0 Å². The lowest BCUT2D eigenvalue weighted by Crippen LogP contribution is -2.26. The number of likely N-dealkylation sites (N-methyl/N-ethyl adjacent to an activating group) is 1. The van der Waals surface area contributed by atoms with Crippen molar-refractivity contribution in [3.05, 3.63) is 53.9 Å². The molecule has 0 radical (unpaired) electrons. The van der Waals surface area contributed by atoms with E-state index in [4.69, 9.17) is 25.0 Å². The zero-order chi connectivity index (χ0) is 26.8. The minimum absolute atomic E-state index is 0.164. The normalized spacial score (nSPS) is 11.8. The van der Waals surface area contributed by atoms with Crippen molar-refractivity contribution >= 4 is 24.4 Å². The molecule has 3 N–H and O–H groups in total. The van der Waals surface area contributed by atoms with Crippen LogP contribution in [0, 0.1) is 0 Å². The van der Waals surface area contributed by atoms with Gasteiger partial charge in [0.2, 0.25) is 0 Å². The van der Waals surface area contributed by atoms with Gasteiger partial charge < -0.3 is 30.3 Å². The second-order valence-corrected chi connectivity index (χ2v) is 7.40. The number of rotatable bonds is 14. The van der Waals surface area contributed by atoms with Crippen molar-refractivity contribution in [3.63, 3.8) is 0 Å².